The van der Waals surface area contributed by atoms with Crippen LogP contribution in [-0.4, -0.2) is 17.3 Å². The number of amides is 2. The molecule has 0 saturated heterocycles. The highest BCUT2D eigenvalue weighted by molar-refractivity contribution is 7.98. The van der Waals surface area contributed by atoms with Gasteiger partial charge in [0.15, 0.2) is 0 Å². The van der Waals surface area contributed by atoms with Crippen molar-refractivity contribution in [2.75, 3.05) is 16.9 Å². The first-order valence-corrected chi connectivity index (χ1v) is 8.77. The Morgan fingerprint density at radius 1 is 1.14 bits per heavy atom. The minimum absolute atomic E-state index is 0.260. The molecule has 0 aliphatic rings. The normalized spacial score (nSPS) is 10.6. The lowest BCUT2D eigenvalue weighted by Crippen LogP contribution is -2.19. The van der Waals surface area contributed by atoms with Crippen molar-refractivity contribution in [3.8, 4) is 0 Å². The second-order valence-corrected chi connectivity index (χ2v) is 6.84. The zero-order valence-corrected chi connectivity index (χ0v) is 13.8. The monoisotopic (exact) mass is 329 g/mol. The van der Waals surface area contributed by atoms with Crippen LogP contribution in [0, 0.1) is 6.92 Å². The van der Waals surface area contributed by atoms with Crippen LogP contribution in [-0.2, 0) is 0 Å². The number of thiazole rings is 1. The molecule has 1 aromatic heterocycles. The SMILES string of the molecule is CSc1cccc(NC(=O)Nc2ccc3sc(C)nc3c2)c1. The van der Waals surface area contributed by atoms with Crippen molar-refractivity contribution in [3.05, 3.63) is 47.5 Å². The second-order valence-electron chi connectivity index (χ2n) is 4.73. The first-order chi connectivity index (χ1) is 10.6. The van der Waals surface area contributed by atoms with Gasteiger partial charge < -0.3 is 10.6 Å². The van der Waals surface area contributed by atoms with Gasteiger partial charge in [-0.05, 0) is 49.6 Å². The lowest BCUT2D eigenvalue weighted by molar-refractivity contribution is 0.262. The third-order valence-corrected chi connectivity index (χ3v) is 4.76. The molecule has 0 radical (unpaired) electrons. The Morgan fingerprint density at radius 3 is 2.68 bits per heavy atom. The molecule has 112 valence electrons. The highest BCUT2D eigenvalue weighted by Crippen LogP contribution is 2.24. The average molecular weight is 329 g/mol. The molecule has 0 atom stereocenters. The molecule has 2 N–H and O–H groups in total. The summed E-state index contributed by atoms with van der Waals surface area (Å²) in [5.74, 6) is 0. The summed E-state index contributed by atoms with van der Waals surface area (Å²) in [5, 5.41) is 6.69. The molecule has 22 heavy (non-hydrogen) atoms. The number of nitrogens with one attached hydrogen (secondary N) is 2. The van der Waals surface area contributed by atoms with E-state index in [-0.39, 0.29) is 6.03 Å². The number of carbonyl (C=O) groups excluding carboxylic acids is 1. The molecule has 0 aliphatic heterocycles. The van der Waals surface area contributed by atoms with E-state index in [0.717, 1.165) is 31.5 Å². The quantitative estimate of drug-likeness (QED) is 0.667. The average Bonchev–Trinajstić information content (AvgIpc) is 2.86. The molecule has 0 saturated carbocycles. The third kappa shape index (κ3) is 3.40. The topological polar surface area (TPSA) is 54.0 Å². The summed E-state index contributed by atoms with van der Waals surface area (Å²) in [6, 6.07) is 13.2. The van der Waals surface area contributed by atoms with Gasteiger partial charge in [0, 0.05) is 16.3 Å². The second kappa shape index (κ2) is 6.37. The Kier molecular flexibility index (Phi) is 4.31. The molecule has 1 heterocycles. The Morgan fingerprint density at radius 2 is 1.91 bits per heavy atom. The molecule has 0 spiro atoms. The fourth-order valence-electron chi connectivity index (χ4n) is 2.11. The predicted molar refractivity (Wildman–Crippen MR) is 95.2 cm³/mol. The zero-order valence-electron chi connectivity index (χ0n) is 12.2. The van der Waals surface area contributed by atoms with Gasteiger partial charge in [0.1, 0.15) is 0 Å². The maximum atomic E-state index is 12.1. The van der Waals surface area contributed by atoms with E-state index in [1.807, 2.05) is 55.6 Å². The van der Waals surface area contributed by atoms with Crippen LogP contribution in [0.15, 0.2) is 47.4 Å². The van der Waals surface area contributed by atoms with Gasteiger partial charge in [-0.3, -0.25) is 0 Å². The molecule has 3 aromatic rings. The number of aryl methyl sites for hydroxylation is 1. The van der Waals surface area contributed by atoms with Gasteiger partial charge in [-0.25, -0.2) is 9.78 Å². The number of thioether (sulfide) groups is 1. The summed E-state index contributed by atoms with van der Waals surface area (Å²) in [6.07, 6.45) is 2.00. The molecular weight excluding hydrogens is 314 g/mol. The summed E-state index contributed by atoms with van der Waals surface area (Å²) in [4.78, 5) is 17.6. The number of nitrogens with zero attached hydrogens (tertiary/aromatic N) is 1. The maximum absolute atomic E-state index is 12.1. The number of anilines is 2. The lowest BCUT2D eigenvalue weighted by atomic mass is 10.3. The minimum atomic E-state index is -0.260. The number of urea groups is 1. The minimum Gasteiger partial charge on any atom is -0.308 e. The molecule has 0 bridgehead atoms. The van der Waals surface area contributed by atoms with E-state index in [1.54, 1.807) is 23.1 Å². The van der Waals surface area contributed by atoms with Gasteiger partial charge in [-0.1, -0.05) is 6.07 Å². The van der Waals surface area contributed by atoms with E-state index in [4.69, 9.17) is 0 Å². The van der Waals surface area contributed by atoms with Crippen molar-refractivity contribution in [2.24, 2.45) is 0 Å². The fraction of sp³-hybridized carbons (Fsp3) is 0.125. The summed E-state index contributed by atoms with van der Waals surface area (Å²) in [5.41, 5.74) is 2.41. The third-order valence-electron chi connectivity index (χ3n) is 3.08. The van der Waals surface area contributed by atoms with Gasteiger partial charge in [0.25, 0.3) is 0 Å². The van der Waals surface area contributed by atoms with Gasteiger partial charge in [0.05, 0.1) is 15.2 Å². The lowest BCUT2D eigenvalue weighted by Gasteiger charge is -2.08. The molecule has 0 unspecified atom stereocenters. The Labute approximate surface area is 137 Å². The maximum Gasteiger partial charge on any atom is 0.323 e. The summed E-state index contributed by atoms with van der Waals surface area (Å²) >= 11 is 3.28. The van der Waals surface area contributed by atoms with Crippen molar-refractivity contribution < 1.29 is 4.79 Å². The van der Waals surface area contributed by atoms with Crippen molar-refractivity contribution in [1.82, 2.24) is 4.98 Å². The van der Waals surface area contributed by atoms with Crippen LogP contribution >= 0.6 is 23.1 Å². The Balaban J connectivity index is 1.71. The molecule has 3 rings (SSSR count). The summed E-state index contributed by atoms with van der Waals surface area (Å²) in [7, 11) is 0. The number of rotatable bonds is 3. The fourth-order valence-corrected chi connectivity index (χ4v) is 3.38. The van der Waals surface area contributed by atoms with E-state index in [0.29, 0.717) is 0 Å². The summed E-state index contributed by atoms with van der Waals surface area (Å²) in [6.45, 7) is 1.98. The van der Waals surface area contributed by atoms with Crippen LogP contribution in [0.1, 0.15) is 5.01 Å². The van der Waals surface area contributed by atoms with E-state index < -0.39 is 0 Å². The highest BCUT2D eigenvalue weighted by atomic mass is 32.2. The predicted octanol–water partition coefficient (Wildman–Crippen LogP) is 4.97. The number of benzene rings is 2. The first-order valence-electron chi connectivity index (χ1n) is 6.73. The molecular formula is C16H15N3OS2. The van der Waals surface area contributed by atoms with Crippen LogP contribution in [0.4, 0.5) is 16.2 Å². The zero-order chi connectivity index (χ0) is 15.5. The highest BCUT2D eigenvalue weighted by Gasteiger charge is 2.06. The van der Waals surface area contributed by atoms with Gasteiger partial charge in [-0.15, -0.1) is 23.1 Å². The number of hydrogen-bond acceptors (Lipinski definition) is 4. The smallest absolute Gasteiger partial charge is 0.308 e. The van der Waals surface area contributed by atoms with Gasteiger partial charge in [-0.2, -0.15) is 0 Å². The van der Waals surface area contributed by atoms with E-state index in [2.05, 4.69) is 15.6 Å². The summed E-state index contributed by atoms with van der Waals surface area (Å²) < 4.78 is 1.12. The van der Waals surface area contributed by atoms with Crippen LogP contribution < -0.4 is 10.6 Å². The Hall–Kier alpha value is -2.05. The van der Waals surface area contributed by atoms with Crippen molar-refractivity contribution >= 4 is 50.7 Å². The molecule has 2 aromatic carbocycles. The first kappa shape index (κ1) is 14.9. The van der Waals surface area contributed by atoms with Crippen LogP contribution in [0.5, 0.6) is 0 Å². The van der Waals surface area contributed by atoms with Gasteiger partial charge >= 0.3 is 6.03 Å². The molecule has 0 fully saturated rings. The number of hydrogen-bond donors (Lipinski definition) is 2. The van der Waals surface area contributed by atoms with Crippen molar-refractivity contribution in [3.63, 3.8) is 0 Å². The number of fused-ring (bicyclic) bond motifs is 1. The van der Waals surface area contributed by atoms with Crippen molar-refractivity contribution in [2.45, 2.75) is 11.8 Å². The largest absolute Gasteiger partial charge is 0.323 e. The standard InChI is InChI=1S/C16H15N3OS2/c1-10-17-14-9-12(6-7-15(14)22-10)19-16(20)18-11-4-3-5-13(8-11)21-2/h3-9H,1-2H3,(H2,18,19,20). The van der Waals surface area contributed by atoms with E-state index in [1.165, 1.54) is 0 Å². The molecule has 4 nitrogen and oxygen atoms in total. The van der Waals surface area contributed by atoms with Gasteiger partial charge in [0.2, 0.25) is 0 Å². The molecule has 2 amide bonds. The van der Waals surface area contributed by atoms with E-state index >= 15 is 0 Å². The van der Waals surface area contributed by atoms with Crippen LogP contribution in [0.25, 0.3) is 10.2 Å². The Bertz CT molecular complexity index is 829. The number of carbonyl (C=O) groups is 1. The molecule has 0 aliphatic carbocycles. The number of aromatic nitrogens is 1. The van der Waals surface area contributed by atoms with Crippen molar-refractivity contribution in [1.29, 1.82) is 0 Å². The van der Waals surface area contributed by atoms with Crippen LogP contribution in [0.2, 0.25) is 0 Å². The van der Waals surface area contributed by atoms with E-state index in [9.17, 15) is 4.79 Å². The van der Waals surface area contributed by atoms with Crippen LogP contribution in [0.3, 0.4) is 0 Å². The molecule has 6 heteroatoms.